The zero-order chi connectivity index (χ0) is 53.7. The molecule has 2 fully saturated rings. The number of aryl methyl sites for hydroxylation is 2. The topological polar surface area (TPSA) is 151 Å². The van der Waals surface area contributed by atoms with E-state index < -0.39 is 54.4 Å². The standard InChI is InChI=1S/C29H28F2N4O3S.C27H24F2N4O3S/c1-20-12-21(2)14-23(13-20)28-27(18-32-35(29(28)36)26-16-24(30)15-25(31)17-26)33-8-10-34(11-9-33)39(37,38)19-22-6-4-3-5-7-22;28-22-15-23(29)17-24(16-22)33-27(34)26(21-9-5-2-6-10-21)25(18-30-33)31-11-13-32(14-12-31)37(35,36)19-20-7-3-1-4-8-20/h3-7,12-18H,8-11,19H2,1-2H3;1-10,15-18H,11-14,19H2. The summed E-state index contributed by atoms with van der Waals surface area (Å²) in [5.41, 5.74) is 5.24. The molecule has 10 rings (SSSR count). The average Bonchev–Trinajstić information content (AvgIpc) is 3.43. The van der Waals surface area contributed by atoms with Gasteiger partial charge in [0.1, 0.15) is 23.3 Å². The van der Waals surface area contributed by atoms with Crippen LogP contribution in [-0.2, 0) is 31.6 Å². The van der Waals surface area contributed by atoms with E-state index >= 15 is 0 Å². The fraction of sp³-hybridized carbons (Fsp3) is 0.214. The van der Waals surface area contributed by atoms with Gasteiger partial charge in [-0.1, -0.05) is 120 Å². The summed E-state index contributed by atoms with van der Waals surface area (Å²) in [7, 11) is -7.03. The number of sulfonamides is 2. The molecule has 0 bridgehead atoms. The van der Waals surface area contributed by atoms with Gasteiger partial charge in [-0.05, 0) is 60.4 Å². The summed E-state index contributed by atoms with van der Waals surface area (Å²) in [6.07, 6.45) is 2.99. The summed E-state index contributed by atoms with van der Waals surface area (Å²) in [4.78, 5) is 31.3. The van der Waals surface area contributed by atoms with Crippen LogP contribution in [0.3, 0.4) is 0 Å². The molecular formula is C56H52F4N8O6S2. The monoisotopic (exact) mass is 1070 g/mol. The minimum absolute atomic E-state index is 0.0218. The third-order valence-corrected chi connectivity index (χ3v) is 16.7. The summed E-state index contributed by atoms with van der Waals surface area (Å²) in [6, 6.07) is 38.4. The first-order valence-electron chi connectivity index (χ1n) is 24.3. The van der Waals surface area contributed by atoms with Gasteiger partial charge in [-0.15, -0.1) is 0 Å². The van der Waals surface area contributed by atoms with Crippen molar-refractivity contribution in [1.82, 2.24) is 28.2 Å². The molecule has 392 valence electrons. The highest BCUT2D eigenvalue weighted by Gasteiger charge is 2.31. The normalized spacial score (nSPS) is 14.6. The molecule has 0 spiro atoms. The highest BCUT2D eigenvalue weighted by molar-refractivity contribution is 7.88. The van der Waals surface area contributed by atoms with Gasteiger partial charge in [0, 0.05) is 64.5 Å². The number of halogens is 4. The van der Waals surface area contributed by atoms with Crippen molar-refractivity contribution in [3.05, 3.63) is 224 Å². The van der Waals surface area contributed by atoms with Gasteiger partial charge in [-0.25, -0.2) is 34.4 Å². The maximum atomic E-state index is 14.0. The van der Waals surface area contributed by atoms with Crippen LogP contribution in [0.2, 0.25) is 0 Å². The lowest BCUT2D eigenvalue weighted by Gasteiger charge is -2.36. The van der Waals surface area contributed by atoms with Gasteiger partial charge in [0.15, 0.2) is 0 Å². The van der Waals surface area contributed by atoms with Gasteiger partial charge < -0.3 is 9.80 Å². The van der Waals surface area contributed by atoms with E-state index in [1.165, 1.54) is 21.0 Å². The number of hydrogen-bond acceptors (Lipinski definition) is 10. The second kappa shape index (κ2) is 22.6. The molecule has 8 aromatic rings. The molecule has 2 saturated heterocycles. The number of rotatable bonds is 12. The summed E-state index contributed by atoms with van der Waals surface area (Å²) in [5.74, 6) is -3.43. The maximum absolute atomic E-state index is 14.0. The number of nitrogens with zero attached hydrogens (tertiary/aromatic N) is 8. The first-order chi connectivity index (χ1) is 36.4. The molecule has 0 atom stereocenters. The van der Waals surface area contributed by atoms with Crippen LogP contribution < -0.4 is 20.9 Å². The molecule has 0 unspecified atom stereocenters. The zero-order valence-electron chi connectivity index (χ0n) is 41.4. The van der Waals surface area contributed by atoms with Gasteiger partial charge in [0.25, 0.3) is 11.1 Å². The number of aromatic nitrogens is 4. The van der Waals surface area contributed by atoms with Crippen LogP contribution in [0.25, 0.3) is 33.6 Å². The molecule has 76 heavy (non-hydrogen) atoms. The van der Waals surface area contributed by atoms with Crippen molar-refractivity contribution in [3.63, 3.8) is 0 Å². The molecule has 0 radical (unpaired) electrons. The largest absolute Gasteiger partial charge is 0.367 e. The zero-order valence-corrected chi connectivity index (χ0v) is 43.1. The van der Waals surface area contributed by atoms with E-state index in [1.54, 1.807) is 60.7 Å². The molecule has 0 N–H and O–H groups in total. The number of piperazine rings is 2. The summed E-state index contributed by atoms with van der Waals surface area (Å²) in [6.45, 7) is 6.27. The van der Waals surface area contributed by atoms with Gasteiger partial charge in [0.2, 0.25) is 20.0 Å². The minimum atomic E-state index is -3.52. The van der Waals surface area contributed by atoms with Crippen LogP contribution in [0.4, 0.5) is 28.9 Å². The molecule has 2 aliphatic heterocycles. The fourth-order valence-corrected chi connectivity index (χ4v) is 12.5. The van der Waals surface area contributed by atoms with E-state index in [9.17, 15) is 44.0 Å². The van der Waals surface area contributed by atoms with E-state index in [4.69, 9.17) is 0 Å². The number of anilines is 2. The lowest BCUT2D eigenvalue weighted by Crippen LogP contribution is -2.49. The molecule has 4 heterocycles. The molecule has 0 amide bonds. The molecule has 14 nitrogen and oxygen atoms in total. The first kappa shape index (κ1) is 53.1. The van der Waals surface area contributed by atoms with Gasteiger partial charge in [-0.2, -0.15) is 28.2 Å². The summed E-state index contributed by atoms with van der Waals surface area (Å²) >= 11 is 0. The molecular weight excluding hydrogens is 1020 g/mol. The van der Waals surface area contributed by atoms with E-state index in [0.717, 1.165) is 68.0 Å². The van der Waals surface area contributed by atoms with Gasteiger partial charge in [0.05, 0.1) is 57.8 Å². The van der Waals surface area contributed by atoms with E-state index in [0.29, 0.717) is 59.8 Å². The lowest BCUT2D eigenvalue weighted by molar-refractivity contribution is 0.384. The third-order valence-electron chi connectivity index (χ3n) is 13.0. The molecule has 0 saturated carbocycles. The Morgan fingerprint density at radius 1 is 0.434 bits per heavy atom. The fourth-order valence-electron chi connectivity index (χ4n) is 9.49. The summed E-state index contributed by atoms with van der Waals surface area (Å²) < 4.78 is 113. The van der Waals surface area contributed by atoms with Crippen molar-refractivity contribution >= 4 is 31.4 Å². The Morgan fingerprint density at radius 3 is 1.14 bits per heavy atom. The first-order valence-corrected chi connectivity index (χ1v) is 27.5. The van der Waals surface area contributed by atoms with Crippen LogP contribution in [0.15, 0.2) is 168 Å². The van der Waals surface area contributed by atoms with Crippen LogP contribution >= 0.6 is 0 Å². The molecule has 2 aromatic heterocycles. The highest BCUT2D eigenvalue weighted by atomic mass is 32.2. The van der Waals surface area contributed by atoms with Crippen molar-refractivity contribution in [3.8, 4) is 33.6 Å². The summed E-state index contributed by atoms with van der Waals surface area (Å²) in [5, 5.41) is 8.47. The minimum Gasteiger partial charge on any atom is -0.367 e. The van der Waals surface area contributed by atoms with Crippen molar-refractivity contribution < 1.29 is 34.4 Å². The van der Waals surface area contributed by atoms with Gasteiger partial charge >= 0.3 is 0 Å². The quantitative estimate of drug-likeness (QED) is 0.109. The SMILES string of the molecule is Cc1cc(C)cc(-c2c(N3CCN(S(=O)(=O)Cc4ccccc4)CC3)cnn(-c3cc(F)cc(F)c3)c2=O)c1.O=c1c(-c2ccccc2)c(N2CCN(S(=O)(=O)Cc3ccccc3)CC2)cnn1-c1cc(F)cc(F)c1. The Bertz CT molecular complexity index is 3680. The smallest absolute Gasteiger partial charge is 0.281 e. The van der Waals surface area contributed by atoms with E-state index in [2.05, 4.69) is 10.2 Å². The third kappa shape index (κ3) is 12.2. The van der Waals surface area contributed by atoms with Crippen LogP contribution in [-0.4, -0.2) is 97.4 Å². The average molecular weight is 1070 g/mol. The molecule has 6 aromatic carbocycles. The van der Waals surface area contributed by atoms with Crippen LogP contribution in [0.5, 0.6) is 0 Å². The lowest BCUT2D eigenvalue weighted by atomic mass is 10.00. The Morgan fingerprint density at radius 2 is 0.776 bits per heavy atom. The predicted molar refractivity (Wildman–Crippen MR) is 286 cm³/mol. The van der Waals surface area contributed by atoms with Gasteiger partial charge in [-0.3, -0.25) is 9.59 Å². The highest BCUT2D eigenvalue weighted by Crippen LogP contribution is 2.32. The predicted octanol–water partition coefficient (Wildman–Crippen LogP) is 8.28. The van der Waals surface area contributed by atoms with Crippen molar-refractivity contribution in [2.24, 2.45) is 0 Å². The maximum Gasteiger partial charge on any atom is 0.281 e. The Hall–Kier alpha value is -7.78. The molecule has 20 heteroatoms. The van der Waals surface area contributed by atoms with Crippen molar-refractivity contribution in [2.75, 3.05) is 62.2 Å². The van der Waals surface area contributed by atoms with E-state index in [-0.39, 0.29) is 49.1 Å². The second-order valence-electron chi connectivity index (χ2n) is 18.5. The number of benzene rings is 6. The Labute approximate surface area is 437 Å². The molecule has 0 aliphatic carbocycles. The Balaban J connectivity index is 0.000000186. The van der Waals surface area contributed by atoms with Crippen molar-refractivity contribution in [1.29, 1.82) is 0 Å². The number of hydrogen-bond donors (Lipinski definition) is 0. The Kier molecular flexibility index (Phi) is 15.8. The van der Waals surface area contributed by atoms with Crippen LogP contribution in [0, 0.1) is 37.1 Å². The van der Waals surface area contributed by atoms with E-state index in [1.807, 2.05) is 72.2 Å². The van der Waals surface area contributed by atoms with Crippen LogP contribution in [0.1, 0.15) is 22.3 Å². The van der Waals surface area contributed by atoms with Crippen molar-refractivity contribution in [2.45, 2.75) is 25.4 Å². The second-order valence-corrected chi connectivity index (χ2v) is 22.4. The molecule has 2 aliphatic rings.